The molecule has 5 heteroatoms. The third-order valence-electron chi connectivity index (χ3n) is 1.91. The lowest BCUT2D eigenvalue weighted by atomic mass is 10.2. The molecular formula is C11H13N3O2. The first-order chi connectivity index (χ1) is 7.52. The minimum Gasteiger partial charge on any atom is -0.480 e. The Morgan fingerprint density at radius 2 is 2.12 bits per heavy atom. The number of hydrogen-bond acceptors (Lipinski definition) is 4. The Bertz CT molecular complexity index is 417. The lowest BCUT2D eigenvalue weighted by molar-refractivity contribution is -0.137. The molecule has 1 aromatic rings. The third-order valence-corrected chi connectivity index (χ3v) is 1.91. The zero-order chi connectivity index (χ0) is 12.1. The van der Waals surface area contributed by atoms with Crippen LogP contribution in [0.2, 0.25) is 0 Å². The van der Waals surface area contributed by atoms with Crippen LogP contribution in [-0.2, 0) is 4.79 Å². The zero-order valence-electron chi connectivity index (χ0n) is 9.19. The van der Waals surface area contributed by atoms with Gasteiger partial charge in [-0.05, 0) is 19.9 Å². The molecule has 1 aromatic heterocycles. The maximum absolute atomic E-state index is 10.9. The molecule has 0 bridgehead atoms. The summed E-state index contributed by atoms with van der Waals surface area (Å²) in [6.07, 6.45) is 5.18. The van der Waals surface area contributed by atoms with Gasteiger partial charge in [-0.1, -0.05) is 0 Å². The van der Waals surface area contributed by atoms with Crippen LogP contribution in [0.4, 0.5) is 5.95 Å². The Labute approximate surface area is 93.9 Å². The summed E-state index contributed by atoms with van der Waals surface area (Å²) in [4.78, 5) is 19.0. The molecule has 0 aliphatic heterocycles. The minimum absolute atomic E-state index is 0.0890. The van der Waals surface area contributed by atoms with Gasteiger partial charge < -0.3 is 10.4 Å². The van der Waals surface area contributed by atoms with Crippen molar-refractivity contribution in [2.45, 2.75) is 26.3 Å². The first-order valence-electron chi connectivity index (χ1n) is 4.78. The second kappa shape index (κ2) is 5.12. The fourth-order valence-electron chi connectivity index (χ4n) is 1.26. The van der Waals surface area contributed by atoms with Gasteiger partial charge in [-0.3, -0.25) is 0 Å². The second-order valence-corrected chi connectivity index (χ2v) is 3.42. The monoisotopic (exact) mass is 219 g/mol. The SMILES string of the molecule is C#CCC(Nc1nc(C)cc(C)n1)C(=O)O. The van der Waals surface area contributed by atoms with Gasteiger partial charge >= 0.3 is 5.97 Å². The summed E-state index contributed by atoms with van der Waals surface area (Å²) in [6.45, 7) is 3.63. The van der Waals surface area contributed by atoms with Gasteiger partial charge in [-0.15, -0.1) is 12.3 Å². The topological polar surface area (TPSA) is 75.1 Å². The summed E-state index contributed by atoms with van der Waals surface area (Å²) >= 11 is 0. The van der Waals surface area contributed by atoms with Gasteiger partial charge in [0.1, 0.15) is 6.04 Å². The molecule has 16 heavy (non-hydrogen) atoms. The number of aliphatic carboxylic acids is 1. The van der Waals surface area contributed by atoms with E-state index in [-0.39, 0.29) is 6.42 Å². The highest BCUT2D eigenvalue weighted by atomic mass is 16.4. The van der Waals surface area contributed by atoms with E-state index >= 15 is 0 Å². The number of aryl methyl sites for hydroxylation is 2. The smallest absolute Gasteiger partial charge is 0.327 e. The Balaban J connectivity index is 2.85. The summed E-state index contributed by atoms with van der Waals surface area (Å²) in [5.74, 6) is 1.58. The molecule has 0 amide bonds. The van der Waals surface area contributed by atoms with Crippen molar-refractivity contribution >= 4 is 11.9 Å². The van der Waals surface area contributed by atoms with Crippen molar-refractivity contribution in [2.75, 3.05) is 5.32 Å². The van der Waals surface area contributed by atoms with Crippen molar-refractivity contribution in [3.05, 3.63) is 17.5 Å². The fraction of sp³-hybridized carbons (Fsp3) is 0.364. The van der Waals surface area contributed by atoms with Crippen LogP contribution in [0.1, 0.15) is 17.8 Å². The van der Waals surface area contributed by atoms with Crippen LogP contribution >= 0.6 is 0 Å². The van der Waals surface area contributed by atoms with Crippen molar-refractivity contribution in [3.8, 4) is 12.3 Å². The number of hydrogen-bond donors (Lipinski definition) is 2. The molecule has 5 nitrogen and oxygen atoms in total. The second-order valence-electron chi connectivity index (χ2n) is 3.42. The van der Waals surface area contributed by atoms with E-state index in [9.17, 15) is 4.79 Å². The fourth-order valence-corrected chi connectivity index (χ4v) is 1.26. The van der Waals surface area contributed by atoms with E-state index < -0.39 is 12.0 Å². The maximum atomic E-state index is 10.9. The van der Waals surface area contributed by atoms with Crippen LogP contribution in [0.5, 0.6) is 0 Å². The summed E-state index contributed by atoms with van der Waals surface area (Å²) < 4.78 is 0. The van der Waals surface area contributed by atoms with Crippen molar-refractivity contribution in [2.24, 2.45) is 0 Å². The van der Waals surface area contributed by atoms with E-state index in [0.29, 0.717) is 5.95 Å². The predicted octanol–water partition coefficient (Wildman–Crippen LogP) is 0.982. The predicted molar refractivity (Wildman–Crippen MR) is 60.0 cm³/mol. The quantitative estimate of drug-likeness (QED) is 0.738. The Hall–Kier alpha value is -2.09. The molecule has 1 rings (SSSR count). The van der Waals surface area contributed by atoms with Crippen LogP contribution in [0.3, 0.4) is 0 Å². The molecule has 1 unspecified atom stereocenters. The molecule has 0 spiro atoms. The molecule has 0 saturated heterocycles. The number of terminal acetylenes is 1. The van der Waals surface area contributed by atoms with Gasteiger partial charge in [0.15, 0.2) is 0 Å². The standard InChI is InChI=1S/C11H13N3O2/c1-4-5-9(10(15)16)14-11-12-7(2)6-8(3)13-11/h1,6,9H,5H2,2-3H3,(H,15,16)(H,12,13,14). The highest BCUT2D eigenvalue weighted by molar-refractivity contribution is 5.76. The van der Waals surface area contributed by atoms with Gasteiger partial charge in [-0.2, -0.15) is 0 Å². The van der Waals surface area contributed by atoms with Crippen LogP contribution < -0.4 is 5.32 Å². The highest BCUT2D eigenvalue weighted by Gasteiger charge is 2.17. The van der Waals surface area contributed by atoms with Crippen molar-refractivity contribution in [1.82, 2.24) is 9.97 Å². The molecule has 0 aliphatic carbocycles. The zero-order valence-corrected chi connectivity index (χ0v) is 9.19. The van der Waals surface area contributed by atoms with Crippen molar-refractivity contribution < 1.29 is 9.90 Å². The molecule has 2 N–H and O–H groups in total. The summed E-state index contributed by atoms with van der Waals surface area (Å²) in [6, 6.07) is 0.952. The molecular weight excluding hydrogens is 206 g/mol. The molecule has 0 radical (unpaired) electrons. The van der Waals surface area contributed by atoms with Gasteiger partial charge in [0.05, 0.1) is 0 Å². The number of rotatable bonds is 4. The van der Waals surface area contributed by atoms with Gasteiger partial charge in [0.2, 0.25) is 5.95 Å². The molecule has 0 saturated carbocycles. The van der Waals surface area contributed by atoms with E-state index in [4.69, 9.17) is 11.5 Å². The number of aromatic nitrogens is 2. The minimum atomic E-state index is -1.01. The van der Waals surface area contributed by atoms with E-state index in [1.165, 1.54) is 0 Å². The summed E-state index contributed by atoms with van der Waals surface area (Å²) in [5.41, 5.74) is 1.56. The lowest BCUT2D eigenvalue weighted by Gasteiger charge is -2.12. The molecule has 0 fully saturated rings. The van der Waals surface area contributed by atoms with Crippen LogP contribution in [0.15, 0.2) is 6.07 Å². The normalized spacial score (nSPS) is 11.6. The van der Waals surface area contributed by atoms with Gasteiger partial charge in [-0.25, -0.2) is 14.8 Å². The number of carbonyl (C=O) groups is 1. The molecule has 1 heterocycles. The van der Waals surface area contributed by atoms with Crippen LogP contribution in [0, 0.1) is 26.2 Å². The van der Waals surface area contributed by atoms with E-state index in [2.05, 4.69) is 21.2 Å². The van der Waals surface area contributed by atoms with Crippen LogP contribution in [0.25, 0.3) is 0 Å². The molecule has 0 aliphatic rings. The van der Waals surface area contributed by atoms with Crippen molar-refractivity contribution in [3.63, 3.8) is 0 Å². The Kier molecular flexibility index (Phi) is 3.84. The average Bonchev–Trinajstić information content (AvgIpc) is 2.15. The van der Waals surface area contributed by atoms with Gasteiger partial charge in [0.25, 0.3) is 0 Å². The van der Waals surface area contributed by atoms with E-state index in [0.717, 1.165) is 11.4 Å². The number of carboxylic acid groups (broad SMARTS) is 1. The number of nitrogens with one attached hydrogen (secondary N) is 1. The Morgan fingerprint density at radius 3 is 2.56 bits per heavy atom. The van der Waals surface area contributed by atoms with Crippen molar-refractivity contribution in [1.29, 1.82) is 0 Å². The summed E-state index contributed by atoms with van der Waals surface area (Å²) in [7, 11) is 0. The largest absolute Gasteiger partial charge is 0.480 e. The number of carboxylic acids is 1. The van der Waals surface area contributed by atoms with Gasteiger partial charge in [0, 0.05) is 17.8 Å². The van der Waals surface area contributed by atoms with Crippen LogP contribution in [-0.4, -0.2) is 27.1 Å². The third kappa shape index (κ3) is 3.24. The molecule has 1 atom stereocenters. The van der Waals surface area contributed by atoms with E-state index in [1.807, 2.05) is 19.9 Å². The molecule has 84 valence electrons. The first kappa shape index (κ1) is 12.0. The lowest BCUT2D eigenvalue weighted by Crippen LogP contribution is -2.29. The molecule has 0 aromatic carbocycles. The summed E-state index contributed by atoms with van der Waals surface area (Å²) in [5, 5.41) is 11.6. The Morgan fingerprint density at radius 1 is 1.56 bits per heavy atom. The number of nitrogens with zero attached hydrogens (tertiary/aromatic N) is 2. The number of anilines is 1. The highest BCUT2D eigenvalue weighted by Crippen LogP contribution is 2.06. The first-order valence-corrected chi connectivity index (χ1v) is 4.78. The maximum Gasteiger partial charge on any atom is 0.327 e. The average molecular weight is 219 g/mol. The van der Waals surface area contributed by atoms with E-state index in [1.54, 1.807) is 0 Å².